The molecule has 0 aliphatic heterocycles. The molecule has 0 amide bonds. The Morgan fingerprint density at radius 1 is 1.30 bits per heavy atom. The molecule has 0 fully saturated rings. The first-order valence-corrected chi connectivity index (χ1v) is 7.68. The van der Waals surface area contributed by atoms with Gasteiger partial charge in [0.15, 0.2) is 0 Å². The monoisotopic (exact) mass is 332 g/mol. The third-order valence-electron chi connectivity index (χ3n) is 3.88. The molecule has 0 radical (unpaired) electrons. The van der Waals surface area contributed by atoms with E-state index in [1.165, 1.54) is 11.1 Å². The average molecular weight is 333 g/mol. The number of halogens is 1. The minimum atomic E-state index is -0.477. The van der Waals surface area contributed by atoms with Crippen LogP contribution in [0.2, 0.25) is 0 Å². The molecule has 0 saturated carbocycles. The molecule has 2 nitrogen and oxygen atoms in total. The number of hydrogen-bond donors (Lipinski definition) is 1. The highest BCUT2D eigenvalue weighted by atomic mass is 79.9. The SMILES string of the molecule is CCOc1ccc(C(O)C2Cc3ccccc32)c(Br)c1. The van der Waals surface area contributed by atoms with Crippen molar-refractivity contribution in [1.29, 1.82) is 0 Å². The highest BCUT2D eigenvalue weighted by Gasteiger charge is 2.33. The summed E-state index contributed by atoms with van der Waals surface area (Å²) < 4.78 is 6.37. The zero-order valence-electron chi connectivity index (χ0n) is 11.3. The average Bonchev–Trinajstić information content (AvgIpc) is 2.40. The molecule has 20 heavy (non-hydrogen) atoms. The lowest BCUT2D eigenvalue weighted by atomic mass is 9.73. The van der Waals surface area contributed by atoms with Crippen LogP contribution in [0.1, 0.15) is 35.6 Å². The molecule has 0 heterocycles. The third kappa shape index (κ3) is 2.36. The van der Waals surface area contributed by atoms with Crippen molar-refractivity contribution in [3.05, 3.63) is 63.6 Å². The number of hydrogen-bond acceptors (Lipinski definition) is 2. The molecule has 0 aromatic heterocycles. The van der Waals surface area contributed by atoms with Crippen LogP contribution < -0.4 is 4.74 Å². The van der Waals surface area contributed by atoms with Gasteiger partial charge < -0.3 is 9.84 Å². The maximum atomic E-state index is 10.6. The molecule has 3 rings (SSSR count). The molecule has 0 bridgehead atoms. The smallest absolute Gasteiger partial charge is 0.120 e. The molecule has 1 aliphatic carbocycles. The van der Waals surface area contributed by atoms with E-state index in [-0.39, 0.29) is 5.92 Å². The molecule has 104 valence electrons. The fourth-order valence-corrected chi connectivity index (χ4v) is 3.39. The Bertz CT molecular complexity index is 624. The van der Waals surface area contributed by atoms with Gasteiger partial charge in [0.25, 0.3) is 0 Å². The number of rotatable bonds is 4. The van der Waals surface area contributed by atoms with Crippen LogP contribution in [-0.2, 0) is 6.42 Å². The van der Waals surface area contributed by atoms with Gasteiger partial charge in [-0.2, -0.15) is 0 Å². The Morgan fingerprint density at radius 2 is 2.10 bits per heavy atom. The van der Waals surface area contributed by atoms with Gasteiger partial charge in [0.2, 0.25) is 0 Å². The Kier molecular flexibility index (Phi) is 3.81. The molecule has 2 aromatic rings. The van der Waals surface area contributed by atoms with Gasteiger partial charge in [-0.05, 0) is 42.2 Å². The normalized spacial score (nSPS) is 18.1. The fourth-order valence-electron chi connectivity index (χ4n) is 2.80. The number of benzene rings is 2. The minimum Gasteiger partial charge on any atom is -0.494 e. The van der Waals surface area contributed by atoms with Gasteiger partial charge in [0.1, 0.15) is 5.75 Å². The Hall–Kier alpha value is -1.32. The summed E-state index contributed by atoms with van der Waals surface area (Å²) in [6.45, 7) is 2.60. The van der Waals surface area contributed by atoms with Crippen molar-refractivity contribution in [2.75, 3.05) is 6.61 Å². The van der Waals surface area contributed by atoms with E-state index in [1.54, 1.807) is 0 Å². The highest BCUT2D eigenvalue weighted by Crippen LogP contribution is 2.45. The zero-order valence-corrected chi connectivity index (χ0v) is 12.9. The van der Waals surface area contributed by atoms with Gasteiger partial charge in [0.05, 0.1) is 12.7 Å². The second-order valence-electron chi connectivity index (χ2n) is 5.07. The van der Waals surface area contributed by atoms with Gasteiger partial charge in [-0.1, -0.05) is 46.3 Å². The largest absolute Gasteiger partial charge is 0.494 e. The van der Waals surface area contributed by atoms with Crippen LogP contribution >= 0.6 is 15.9 Å². The van der Waals surface area contributed by atoms with Gasteiger partial charge in [-0.15, -0.1) is 0 Å². The first kappa shape index (κ1) is 13.7. The van der Waals surface area contributed by atoms with Crippen LogP contribution in [0, 0.1) is 0 Å². The lowest BCUT2D eigenvalue weighted by Crippen LogP contribution is -2.23. The summed E-state index contributed by atoms with van der Waals surface area (Å²) in [6.07, 6.45) is 0.465. The molecule has 0 saturated heterocycles. The lowest BCUT2D eigenvalue weighted by molar-refractivity contribution is 0.134. The van der Waals surface area contributed by atoms with Crippen LogP contribution in [0.15, 0.2) is 46.9 Å². The predicted octanol–water partition coefficient (Wildman–Crippen LogP) is 4.22. The molecule has 1 N–H and O–H groups in total. The number of aliphatic hydroxyl groups is 1. The topological polar surface area (TPSA) is 29.5 Å². The summed E-state index contributed by atoms with van der Waals surface area (Å²) in [7, 11) is 0. The van der Waals surface area contributed by atoms with E-state index in [9.17, 15) is 5.11 Å². The van der Waals surface area contributed by atoms with Gasteiger partial charge >= 0.3 is 0 Å². The molecule has 2 atom stereocenters. The molecule has 1 aliphatic rings. The Morgan fingerprint density at radius 3 is 2.80 bits per heavy atom. The maximum absolute atomic E-state index is 10.6. The van der Waals surface area contributed by atoms with Crippen molar-refractivity contribution in [3.63, 3.8) is 0 Å². The van der Waals surface area contributed by atoms with Crippen LogP contribution in [-0.4, -0.2) is 11.7 Å². The second kappa shape index (κ2) is 5.58. The van der Waals surface area contributed by atoms with E-state index in [4.69, 9.17) is 4.74 Å². The van der Waals surface area contributed by atoms with E-state index < -0.39 is 6.10 Å². The molecule has 2 unspecified atom stereocenters. The number of ether oxygens (including phenoxy) is 1. The molecular weight excluding hydrogens is 316 g/mol. The summed E-state index contributed by atoms with van der Waals surface area (Å²) in [4.78, 5) is 0. The van der Waals surface area contributed by atoms with E-state index >= 15 is 0 Å². The maximum Gasteiger partial charge on any atom is 0.120 e. The Labute approximate surface area is 127 Å². The number of aliphatic hydroxyl groups excluding tert-OH is 1. The van der Waals surface area contributed by atoms with Crippen molar-refractivity contribution in [3.8, 4) is 5.75 Å². The predicted molar refractivity (Wildman–Crippen MR) is 83.2 cm³/mol. The Balaban J connectivity index is 1.84. The van der Waals surface area contributed by atoms with Crippen molar-refractivity contribution < 1.29 is 9.84 Å². The summed E-state index contributed by atoms with van der Waals surface area (Å²) in [5, 5.41) is 10.6. The van der Waals surface area contributed by atoms with E-state index in [0.29, 0.717) is 6.61 Å². The van der Waals surface area contributed by atoms with Crippen LogP contribution in [0.5, 0.6) is 5.75 Å². The summed E-state index contributed by atoms with van der Waals surface area (Å²) >= 11 is 3.54. The van der Waals surface area contributed by atoms with Gasteiger partial charge in [0, 0.05) is 10.4 Å². The van der Waals surface area contributed by atoms with Crippen molar-refractivity contribution in [1.82, 2.24) is 0 Å². The summed E-state index contributed by atoms with van der Waals surface area (Å²) in [6, 6.07) is 14.1. The van der Waals surface area contributed by atoms with Crippen molar-refractivity contribution in [2.24, 2.45) is 0 Å². The van der Waals surface area contributed by atoms with Crippen LogP contribution in [0.4, 0.5) is 0 Å². The van der Waals surface area contributed by atoms with E-state index in [1.807, 2.05) is 37.3 Å². The molecular formula is C17H17BrO2. The molecule has 3 heteroatoms. The zero-order chi connectivity index (χ0) is 14.1. The first-order chi connectivity index (χ1) is 9.70. The van der Waals surface area contributed by atoms with Gasteiger partial charge in [-0.25, -0.2) is 0 Å². The fraction of sp³-hybridized carbons (Fsp3) is 0.294. The third-order valence-corrected chi connectivity index (χ3v) is 4.56. The van der Waals surface area contributed by atoms with E-state index in [2.05, 4.69) is 28.1 Å². The quantitative estimate of drug-likeness (QED) is 0.908. The summed E-state index contributed by atoms with van der Waals surface area (Å²) in [5.74, 6) is 1.02. The van der Waals surface area contributed by atoms with E-state index in [0.717, 1.165) is 22.2 Å². The van der Waals surface area contributed by atoms with Crippen molar-refractivity contribution >= 4 is 15.9 Å². The van der Waals surface area contributed by atoms with Gasteiger partial charge in [-0.3, -0.25) is 0 Å². The van der Waals surface area contributed by atoms with Crippen molar-refractivity contribution in [2.45, 2.75) is 25.4 Å². The van der Waals surface area contributed by atoms with Crippen LogP contribution in [0.25, 0.3) is 0 Å². The summed E-state index contributed by atoms with van der Waals surface area (Å²) in [5.41, 5.74) is 3.53. The second-order valence-corrected chi connectivity index (χ2v) is 5.92. The molecule has 2 aromatic carbocycles. The standard InChI is InChI=1S/C17H17BrO2/c1-2-20-12-7-8-14(16(18)10-12)17(19)15-9-11-5-3-4-6-13(11)15/h3-8,10,15,17,19H,2,9H2,1H3. The highest BCUT2D eigenvalue weighted by molar-refractivity contribution is 9.10. The molecule has 0 spiro atoms. The number of fused-ring (bicyclic) bond motifs is 1. The first-order valence-electron chi connectivity index (χ1n) is 6.88. The minimum absolute atomic E-state index is 0.195. The lowest BCUT2D eigenvalue weighted by Gasteiger charge is -2.34. The van der Waals surface area contributed by atoms with Crippen LogP contribution in [0.3, 0.4) is 0 Å².